The summed E-state index contributed by atoms with van der Waals surface area (Å²) in [6.45, 7) is 0.811. The molecule has 2 rings (SSSR count). The van der Waals surface area contributed by atoms with Crippen molar-refractivity contribution < 1.29 is 23.1 Å². The number of halogens is 4. The van der Waals surface area contributed by atoms with Crippen LogP contribution in [0.2, 0.25) is 0 Å². The monoisotopic (exact) mass is 281 g/mol. The molecule has 2 aliphatic rings. The van der Waals surface area contributed by atoms with Gasteiger partial charge in [-0.15, -0.1) is 13.2 Å². The third-order valence-corrected chi connectivity index (χ3v) is 2.79. The molecule has 2 aliphatic heterocycles. The van der Waals surface area contributed by atoms with E-state index in [1.165, 1.54) is 6.92 Å². The second-order valence-electron chi connectivity index (χ2n) is 3.66. The van der Waals surface area contributed by atoms with E-state index in [4.69, 9.17) is 16.7 Å². The number of alkyl halides is 3. The number of aliphatic carboxylic acids is 1. The molecule has 0 aromatic heterocycles. The third kappa shape index (κ3) is 1.97. The maximum atomic E-state index is 12.6. The van der Waals surface area contributed by atoms with E-state index in [0.29, 0.717) is 6.20 Å². The van der Waals surface area contributed by atoms with Crippen LogP contribution in [0.1, 0.15) is 6.92 Å². The Bertz CT molecular complexity index is 510. The summed E-state index contributed by atoms with van der Waals surface area (Å²) in [5.41, 5.74) is -0.182. The van der Waals surface area contributed by atoms with Crippen molar-refractivity contribution in [2.45, 2.75) is 13.2 Å². The SMILES string of the molecule is CC1=C(C(=O)O)N=C2C(Cl)=CN(C(F)(F)F)C[N+]21. The predicted octanol–water partition coefficient (Wildman–Crippen LogP) is 1.73. The van der Waals surface area contributed by atoms with Gasteiger partial charge in [0.2, 0.25) is 12.4 Å². The molecule has 97 valence electrons. The molecule has 0 aliphatic carbocycles. The number of carboxylic acids is 1. The van der Waals surface area contributed by atoms with Crippen molar-refractivity contribution in [3.8, 4) is 0 Å². The van der Waals surface area contributed by atoms with Gasteiger partial charge in [0.1, 0.15) is 5.03 Å². The summed E-state index contributed by atoms with van der Waals surface area (Å²) < 4.78 is 37.7. The molecule has 0 saturated carbocycles. The maximum absolute atomic E-state index is 12.6. The number of carboxylic acid groups (broad SMARTS) is 1. The summed E-state index contributed by atoms with van der Waals surface area (Å²) in [5, 5.41) is 8.60. The number of fused-ring (bicyclic) bond motifs is 1. The fourth-order valence-corrected chi connectivity index (χ4v) is 1.89. The van der Waals surface area contributed by atoms with Crippen LogP contribution < -0.4 is 4.90 Å². The van der Waals surface area contributed by atoms with E-state index < -0.39 is 18.9 Å². The smallest absolute Gasteiger partial charge is 0.476 e. The molecule has 0 fully saturated rings. The molecule has 5 nitrogen and oxygen atoms in total. The summed E-state index contributed by atoms with van der Waals surface area (Å²) in [7, 11) is 0. The molecule has 2 heterocycles. The largest absolute Gasteiger partial charge is 0.488 e. The zero-order valence-corrected chi connectivity index (χ0v) is 9.75. The van der Waals surface area contributed by atoms with Gasteiger partial charge in [0.25, 0.3) is 0 Å². The van der Waals surface area contributed by atoms with Crippen LogP contribution in [0.5, 0.6) is 0 Å². The zero-order valence-electron chi connectivity index (χ0n) is 8.99. The van der Waals surface area contributed by atoms with Crippen LogP contribution in [0.15, 0.2) is 27.6 Å². The summed E-state index contributed by atoms with van der Waals surface area (Å²) in [5.74, 6) is -1.29. The minimum Gasteiger partial charge on any atom is -0.476 e. The van der Waals surface area contributed by atoms with Gasteiger partial charge in [-0.3, -0.25) is 0 Å². The van der Waals surface area contributed by atoms with E-state index in [1.54, 1.807) is 0 Å². The summed E-state index contributed by atoms with van der Waals surface area (Å²) in [6.07, 6.45) is -3.90. The molecule has 0 unspecified atom stereocenters. The molecule has 0 saturated heterocycles. The number of nitrogens with zero attached hydrogens (tertiary/aromatic N) is 3. The Morgan fingerprint density at radius 2 is 2.22 bits per heavy atom. The van der Waals surface area contributed by atoms with Crippen LogP contribution in [0.3, 0.4) is 0 Å². The number of amidine groups is 1. The van der Waals surface area contributed by atoms with Crippen molar-refractivity contribution in [3.05, 3.63) is 22.6 Å². The third-order valence-electron chi connectivity index (χ3n) is 2.53. The number of allylic oxidation sites excluding steroid dienone is 1. The second kappa shape index (κ2) is 3.99. The van der Waals surface area contributed by atoms with Gasteiger partial charge in [0.05, 0.1) is 0 Å². The van der Waals surface area contributed by atoms with Crippen molar-refractivity contribution in [3.63, 3.8) is 0 Å². The van der Waals surface area contributed by atoms with Gasteiger partial charge in [0, 0.05) is 13.1 Å². The van der Waals surface area contributed by atoms with Crippen LogP contribution in [-0.2, 0) is 4.79 Å². The Morgan fingerprint density at radius 3 is 2.72 bits per heavy atom. The van der Waals surface area contributed by atoms with Crippen LogP contribution >= 0.6 is 11.6 Å². The van der Waals surface area contributed by atoms with E-state index in [9.17, 15) is 18.0 Å². The van der Waals surface area contributed by atoms with Crippen molar-refractivity contribution in [2.75, 3.05) is 6.67 Å². The highest BCUT2D eigenvalue weighted by Gasteiger charge is 2.49. The van der Waals surface area contributed by atoms with Crippen molar-refractivity contribution in [2.24, 2.45) is 4.99 Å². The van der Waals surface area contributed by atoms with E-state index in [2.05, 4.69) is 4.99 Å². The molecular formula is C9H7ClF3N3O2+. The van der Waals surface area contributed by atoms with Gasteiger partial charge in [0.15, 0.2) is 5.70 Å². The first-order chi connectivity index (χ1) is 8.21. The lowest BCUT2D eigenvalue weighted by molar-refractivity contribution is -0.231. The molecule has 0 atom stereocenters. The second-order valence-corrected chi connectivity index (χ2v) is 4.07. The minimum atomic E-state index is -4.59. The number of rotatable bonds is 1. The summed E-state index contributed by atoms with van der Waals surface area (Å²) in [4.78, 5) is 15.7. The quantitative estimate of drug-likeness (QED) is 0.588. The topological polar surface area (TPSA) is 58.8 Å². The first-order valence-electron chi connectivity index (χ1n) is 4.73. The maximum Gasteiger partial charge on any atom is 0.488 e. The zero-order chi connectivity index (χ0) is 13.7. The van der Waals surface area contributed by atoms with Gasteiger partial charge in [-0.1, -0.05) is 16.5 Å². The molecule has 9 heteroatoms. The van der Waals surface area contributed by atoms with Gasteiger partial charge in [-0.25, -0.2) is 9.69 Å². The van der Waals surface area contributed by atoms with Crippen LogP contribution in [-0.4, -0.2) is 34.8 Å². The summed E-state index contributed by atoms with van der Waals surface area (Å²) >= 11 is 5.68. The Hall–Kier alpha value is -1.54. The van der Waals surface area contributed by atoms with Gasteiger partial charge < -0.3 is 5.11 Å². The number of carbonyl (C=O) groups is 1. The van der Waals surface area contributed by atoms with Gasteiger partial charge in [-0.05, 0) is 0 Å². The first-order valence-corrected chi connectivity index (χ1v) is 5.11. The molecule has 1 radical (unpaired) electrons. The Labute approximate surface area is 104 Å². The molecule has 0 aromatic carbocycles. The lowest BCUT2D eigenvalue weighted by atomic mass is 10.3. The minimum absolute atomic E-state index is 0.0204. The van der Waals surface area contributed by atoms with Crippen LogP contribution in [0, 0.1) is 0 Å². The molecule has 0 bridgehead atoms. The molecule has 0 amide bonds. The van der Waals surface area contributed by atoms with Crippen LogP contribution in [0.25, 0.3) is 0 Å². The summed E-state index contributed by atoms with van der Waals surface area (Å²) in [6, 6.07) is 0. The van der Waals surface area contributed by atoms with E-state index in [-0.39, 0.29) is 27.2 Å². The molecule has 0 spiro atoms. The van der Waals surface area contributed by atoms with E-state index in [1.807, 2.05) is 0 Å². The van der Waals surface area contributed by atoms with E-state index >= 15 is 0 Å². The average molecular weight is 282 g/mol. The normalized spacial score (nSPS) is 20.8. The number of hydrogen-bond donors (Lipinski definition) is 1. The van der Waals surface area contributed by atoms with Crippen molar-refractivity contribution in [1.82, 2.24) is 9.80 Å². The Kier molecular flexibility index (Phi) is 2.86. The fourth-order valence-electron chi connectivity index (χ4n) is 1.63. The number of hydrogen-bond acceptors (Lipinski definition) is 4. The van der Waals surface area contributed by atoms with Crippen molar-refractivity contribution in [1.29, 1.82) is 0 Å². The molecule has 18 heavy (non-hydrogen) atoms. The highest BCUT2D eigenvalue weighted by molar-refractivity contribution is 6.44. The molecular weight excluding hydrogens is 275 g/mol. The predicted molar refractivity (Wildman–Crippen MR) is 56.6 cm³/mol. The fraction of sp³-hybridized carbons (Fsp3) is 0.333. The van der Waals surface area contributed by atoms with E-state index in [0.717, 1.165) is 4.90 Å². The first kappa shape index (κ1) is 12.9. The Morgan fingerprint density at radius 1 is 1.61 bits per heavy atom. The highest BCUT2D eigenvalue weighted by atomic mass is 35.5. The lowest BCUT2D eigenvalue weighted by Gasteiger charge is -2.26. The lowest BCUT2D eigenvalue weighted by Crippen LogP contribution is -2.50. The highest BCUT2D eigenvalue weighted by Crippen LogP contribution is 2.32. The molecule has 0 aromatic rings. The average Bonchev–Trinajstić information content (AvgIpc) is 2.56. The van der Waals surface area contributed by atoms with Crippen LogP contribution in [0.4, 0.5) is 13.2 Å². The van der Waals surface area contributed by atoms with Gasteiger partial charge >= 0.3 is 18.1 Å². The molecule has 1 N–H and O–H groups in total. The van der Waals surface area contributed by atoms with Gasteiger partial charge in [-0.2, -0.15) is 4.99 Å². The number of aliphatic imine (C=N–C) groups is 1. The standard InChI is InChI=1S/C9H7ClF3N3O2/c1-4-6(8(17)18)14-7-5(10)2-15(3-16(4)7)9(11,12)13/h2H,3H2,1H3,(H,17,18)/q+1. The Balaban J connectivity index is 2.40. The van der Waals surface area contributed by atoms with Crippen molar-refractivity contribution >= 4 is 23.4 Å².